The molecule has 0 aromatic heterocycles. The second-order valence-corrected chi connectivity index (χ2v) is 7.60. The van der Waals surface area contributed by atoms with Gasteiger partial charge in [-0.25, -0.2) is 4.79 Å². The Labute approximate surface area is 120 Å². The Hall–Kier alpha value is -0.810. The fraction of sp³-hybridized carbons (Fsp3) is 0.933. The lowest BCUT2D eigenvalue weighted by Gasteiger charge is -2.40. The first kappa shape index (κ1) is 14.1. The largest absolute Gasteiger partial charge is 0.444 e. The van der Waals surface area contributed by atoms with Crippen LogP contribution < -0.4 is 5.73 Å². The summed E-state index contributed by atoms with van der Waals surface area (Å²) in [4.78, 5) is 14.0. The lowest BCUT2D eigenvalue weighted by molar-refractivity contribution is -0.0773. The molecule has 0 spiro atoms. The monoisotopic (exact) mass is 282 g/mol. The SMILES string of the molecule is CC(C)(C)OC(=O)N1CCOC(C2(C3(N)CC3)CC2)C1. The van der Waals surface area contributed by atoms with E-state index in [2.05, 4.69) is 0 Å². The Balaban J connectivity index is 1.64. The molecule has 114 valence electrons. The van der Waals surface area contributed by atoms with E-state index in [0.29, 0.717) is 19.7 Å². The number of rotatable bonds is 2. The van der Waals surface area contributed by atoms with Crippen LogP contribution in [0.4, 0.5) is 4.79 Å². The van der Waals surface area contributed by atoms with E-state index in [0.717, 1.165) is 25.7 Å². The summed E-state index contributed by atoms with van der Waals surface area (Å²) >= 11 is 0. The quantitative estimate of drug-likeness (QED) is 0.840. The molecule has 1 aliphatic heterocycles. The van der Waals surface area contributed by atoms with Crippen molar-refractivity contribution in [2.75, 3.05) is 19.7 Å². The Bertz CT molecular complexity index is 408. The Morgan fingerprint density at radius 2 is 1.95 bits per heavy atom. The zero-order valence-electron chi connectivity index (χ0n) is 12.8. The minimum atomic E-state index is -0.451. The molecule has 1 atom stereocenters. The van der Waals surface area contributed by atoms with Crippen molar-refractivity contribution < 1.29 is 14.3 Å². The molecular weight excluding hydrogens is 256 g/mol. The maximum Gasteiger partial charge on any atom is 0.410 e. The molecule has 0 aromatic carbocycles. The van der Waals surface area contributed by atoms with E-state index < -0.39 is 5.60 Å². The Morgan fingerprint density at radius 1 is 1.30 bits per heavy atom. The van der Waals surface area contributed by atoms with Crippen LogP contribution in [0.25, 0.3) is 0 Å². The molecule has 20 heavy (non-hydrogen) atoms. The van der Waals surface area contributed by atoms with Crippen LogP contribution in [-0.2, 0) is 9.47 Å². The lowest BCUT2D eigenvalue weighted by Crippen LogP contribution is -2.54. The van der Waals surface area contributed by atoms with Crippen LogP contribution in [-0.4, -0.2) is 47.9 Å². The smallest absolute Gasteiger partial charge is 0.410 e. The van der Waals surface area contributed by atoms with Crippen molar-refractivity contribution in [1.29, 1.82) is 0 Å². The summed E-state index contributed by atoms with van der Waals surface area (Å²) in [5.41, 5.74) is 6.06. The molecule has 0 aromatic rings. The van der Waals surface area contributed by atoms with Crippen LogP contribution >= 0.6 is 0 Å². The second-order valence-electron chi connectivity index (χ2n) is 7.60. The van der Waals surface area contributed by atoms with Gasteiger partial charge in [-0.15, -0.1) is 0 Å². The topological polar surface area (TPSA) is 64.8 Å². The molecular formula is C15H26N2O3. The molecule has 0 bridgehead atoms. The highest BCUT2D eigenvalue weighted by Crippen LogP contribution is 2.65. The van der Waals surface area contributed by atoms with E-state index in [1.54, 1.807) is 4.90 Å². The average molecular weight is 282 g/mol. The predicted octanol–water partition coefficient (Wildman–Crippen LogP) is 1.89. The molecule has 5 nitrogen and oxygen atoms in total. The maximum absolute atomic E-state index is 12.2. The molecule has 1 amide bonds. The van der Waals surface area contributed by atoms with Crippen molar-refractivity contribution in [2.24, 2.45) is 11.1 Å². The fourth-order valence-corrected chi connectivity index (χ4v) is 3.38. The average Bonchev–Trinajstić information content (AvgIpc) is 3.22. The Kier molecular flexibility index (Phi) is 3.07. The van der Waals surface area contributed by atoms with Gasteiger partial charge >= 0.3 is 6.09 Å². The van der Waals surface area contributed by atoms with Gasteiger partial charge < -0.3 is 20.1 Å². The van der Waals surface area contributed by atoms with E-state index in [9.17, 15) is 4.79 Å². The first-order valence-electron chi connectivity index (χ1n) is 7.64. The van der Waals surface area contributed by atoms with Gasteiger partial charge in [-0.2, -0.15) is 0 Å². The normalized spacial score (nSPS) is 30.8. The number of amides is 1. The number of hydrogen-bond acceptors (Lipinski definition) is 4. The van der Waals surface area contributed by atoms with E-state index >= 15 is 0 Å². The molecule has 2 saturated carbocycles. The highest BCUT2D eigenvalue weighted by molar-refractivity contribution is 5.68. The summed E-state index contributed by atoms with van der Waals surface area (Å²) in [5, 5.41) is 0. The van der Waals surface area contributed by atoms with Crippen LogP contribution in [0.3, 0.4) is 0 Å². The second kappa shape index (κ2) is 4.34. The molecule has 1 heterocycles. The number of nitrogens with two attached hydrogens (primary N) is 1. The maximum atomic E-state index is 12.2. The number of morpholine rings is 1. The summed E-state index contributed by atoms with van der Waals surface area (Å²) in [5.74, 6) is 0. The zero-order valence-corrected chi connectivity index (χ0v) is 12.8. The highest BCUT2D eigenvalue weighted by Gasteiger charge is 2.67. The first-order chi connectivity index (χ1) is 9.26. The van der Waals surface area contributed by atoms with Crippen LogP contribution in [0, 0.1) is 5.41 Å². The molecule has 3 fully saturated rings. The Morgan fingerprint density at radius 3 is 2.45 bits per heavy atom. The molecule has 1 saturated heterocycles. The van der Waals surface area contributed by atoms with E-state index in [-0.39, 0.29) is 23.2 Å². The molecule has 2 aliphatic carbocycles. The molecule has 2 N–H and O–H groups in total. The van der Waals surface area contributed by atoms with E-state index in [1.807, 2.05) is 20.8 Å². The first-order valence-corrected chi connectivity index (χ1v) is 7.64. The zero-order chi connectivity index (χ0) is 14.6. The summed E-state index contributed by atoms with van der Waals surface area (Å²) in [7, 11) is 0. The summed E-state index contributed by atoms with van der Waals surface area (Å²) in [6.07, 6.45) is 4.31. The van der Waals surface area contributed by atoms with Crippen molar-refractivity contribution in [3.8, 4) is 0 Å². The number of carbonyl (C=O) groups excluding carboxylic acids is 1. The van der Waals surface area contributed by atoms with Crippen molar-refractivity contribution in [1.82, 2.24) is 4.90 Å². The van der Waals surface area contributed by atoms with Gasteiger partial charge in [0.05, 0.1) is 19.3 Å². The van der Waals surface area contributed by atoms with E-state index in [1.165, 1.54) is 0 Å². The number of nitrogens with zero attached hydrogens (tertiary/aromatic N) is 1. The van der Waals surface area contributed by atoms with Gasteiger partial charge in [-0.05, 0) is 46.5 Å². The summed E-state index contributed by atoms with van der Waals surface area (Å²) in [6, 6.07) is 0. The summed E-state index contributed by atoms with van der Waals surface area (Å²) < 4.78 is 11.4. The number of ether oxygens (including phenoxy) is 2. The van der Waals surface area contributed by atoms with Crippen molar-refractivity contribution in [3.63, 3.8) is 0 Å². The van der Waals surface area contributed by atoms with Gasteiger partial charge in [-0.1, -0.05) is 0 Å². The van der Waals surface area contributed by atoms with Crippen LogP contribution in [0.2, 0.25) is 0 Å². The van der Waals surface area contributed by atoms with Crippen LogP contribution in [0.15, 0.2) is 0 Å². The van der Waals surface area contributed by atoms with Crippen LogP contribution in [0.5, 0.6) is 0 Å². The predicted molar refractivity (Wildman–Crippen MR) is 75.4 cm³/mol. The summed E-state index contributed by atoms with van der Waals surface area (Å²) in [6.45, 7) is 7.49. The van der Waals surface area contributed by atoms with Gasteiger partial charge in [-0.3, -0.25) is 0 Å². The molecule has 3 rings (SSSR count). The third kappa shape index (κ3) is 2.42. The molecule has 3 aliphatic rings. The lowest BCUT2D eigenvalue weighted by atomic mass is 9.87. The molecule has 1 unspecified atom stereocenters. The van der Waals surface area contributed by atoms with Crippen molar-refractivity contribution >= 4 is 6.09 Å². The van der Waals surface area contributed by atoms with Gasteiger partial charge in [0, 0.05) is 17.5 Å². The highest BCUT2D eigenvalue weighted by atomic mass is 16.6. The minimum absolute atomic E-state index is 0.0331. The minimum Gasteiger partial charge on any atom is -0.444 e. The van der Waals surface area contributed by atoms with Crippen molar-refractivity contribution in [2.45, 2.75) is 63.7 Å². The fourth-order valence-electron chi connectivity index (χ4n) is 3.38. The van der Waals surface area contributed by atoms with Gasteiger partial charge in [0.2, 0.25) is 0 Å². The molecule has 5 heteroatoms. The van der Waals surface area contributed by atoms with Gasteiger partial charge in [0.15, 0.2) is 0 Å². The van der Waals surface area contributed by atoms with Crippen LogP contribution in [0.1, 0.15) is 46.5 Å². The van der Waals surface area contributed by atoms with Gasteiger partial charge in [0.1, 0.15) is 5.60 Å². The number of hydrogen-bond donors (Lipinski definition) is 1. The van der Waals surface area contributed by atoms with E-state index in [4.69, 9.17) is 15.2 Å². The van der Waals surface area contributed by atoms with Crippen molar-refractivity contribution in [3.05, 3.63) is 0 Å². The third-order valence-electron chi connectivity index (χ3n) is 4.90. The number of carbonyl (C=O) groups is 1. The molecule has 0 radical (unpaired) electrons. The third-order valence-corrected chi connectivity index (χ3v) is 4.90. The van der Waals surface area contributed by atoms with Gasteiger partial charge in [0.25, 0.3) is 0 Å². The standard InChI is InChI=1S/C15H26N2O3/c1-13(2,3)20-12(18)17-8-9-19-11(10-17)14(4-5-14)15(16)6-7-15/h11H,4-10,16H2,1-3H3.